The van der Waals surface area contributed by atoms with Gasteiger partial charge in [-0.2, -0.15) is 4.57 Å². The number of pyridine rings is 1. The number of carbonyl (C=O) groups excluding carboxylic acids is 3. The quantitative estimate of drug-likeness (QED) is 0.113. The molecular formula is C27H31N7O7S3. The molecule has 2 unspecified atom stereocenters. The number of amides is 2. The van der Waals surface area contributed by atoms with Crippen LogP contribution in [0.1, 0.15) is 39.8 Å². The molecule has 2 amide bonds. The molecular weight excluding hydrogens is 631 g/mol. The first-order valence-corrected chi connectivity index (χ1v) is 16.4. The number of fused-ring (bicyclic) bond motifs is 2. The highest BCUT2D eigenvalue weighted by Crippen LogP contribution is 2.41. The third-order valence-electron chi connectivity index (χ3n) is 7.01. The highest BCUT2D eigenvalue weighted by Gasteiger charge is 2.53. The lowest BCUT2D eigenvalue weighted by Crippen LogP contribution is -2.71. The number of nitrogens with zero attached hydrogens (tertiary/aromatic N) is 4. The van der Waals surface area contributed by atoms with Crippen molar-refractivity contribution in [3.05, 3.63) is 40.8 Å². The summed E-state index contributed by atoms with van der Waals surface area (Å²) in [6.07, 6.45) is 4.83. The van der Waals surface area contributed by atoms with Crippen LogP contribution in [0.15, 0.2) is 45.2 Å². The first kappa shape index (κ1) is 31.6. The van der Waals surface area contributed by atoms with Crippen molar-refractivity contribution in [3.63, 3.8) is 0 Å². The topological polar surface area (TPSA) is 203 Å². The summed E-state index contributed by atoms with van der Waals surface area (Å²) in [7, 11) is 0. The Labute approximate surface area is 265 Å². The van der Waals surface area contributed by atoms with Crippen LogP contribution in [0.5, 0.6) is 0 Å². The lowest BCUT2D eigenvalue weighted by molar-refractivity contribution is -0.690. The molecule has 3 aliphatic heterocycles. The fourth-order valence-corrected chi connectivity index (χ4v) is 8.05. The monoisotopic (exact) mass is 661 g/mol. The number of β-lactam (4-membered cyclic amide) rings is 1. The van der Waals surface area contributed by atoms with Gasteiger partial charge in [-0.15, -0.1) is 23.1 Å². The van der Waals surface area contributed by atoms with E-state index < -0.39 is 40.8 Å². The summed E-state index contributed by atoms with van der Waals surface area (Å²) in [6.45, 7) is 7.08. The van der Waals surface area contributed by atoms with Crippen LogP contribution in [0.2, 0.25) is 0 Å². The zero-order valence-corrected chi connectivity index (χ0v) is 26.7. The molecule has 5 N–H and O–H groups in total. The number of nitrogens with two attached hydrogens (primary N) is 1. The van der Waals surface area contributed by atoms with Gasteiger partial charge in [-0.25, -0.2) is 9.78 Å². The number of nitrogen functional groups attached to an aromatic ring is 1. The standard InChI is InChI=1S/C27H31N7O7S3/c1-12(2)7-17-29-14-5-6-33(9-16(14)44-17)8-13-10-42-23-19(22(36)34(23)20(13)24(37)38)31-21(35)18(15-11-43-26(28)30-15)32-41-27(3,4)25(39)40/h5-6,9,11-12,17,19,23H,7-8,10H2,1-4H3,(H5,28,30,31,35,37,38,39,40)/t17?,19?,23-/m1/s1. The number of carboxylic acids is 2. The number of carboxylic acid groups (broad SMARTS) is 2. The van der Waals surface area contributed by atoms with Crippen LogP contribution in [0.4, 0.5) is 10.8 Å². The Balaban J connectivity index is 1.32. The van der Waals surface area contributed by atoms with Gasteiger partial charge in [-0.05, 0) is 26.2 Å². The largest absolute Gasteiger partial charge is 0.543 e. The number of carbonyl (C=O) groups is 4. The number of hydrogen-bond acceptors (Lipinski definition) is 13. The Hall–Kier alpha value is -3.83. The van der Waals surface area contributed by atoms with Crippen molar-refractivity contribution in [2.45, 2.75) is 67.9 Å². The van der Waals surface area contributed by atoms with Gasteiger partial charge in [0.25, 0.3) is 11.8 Å². The molecule has 0 bridgehead atoms. The van der Waals surface area contributed by atoms with Crippen LogP contribution in [-0.2, 0) is 30.6 Å². The fourth-order valence-electron chi connectivity index (χ4n) is 4.74. The maximum absolute atomic E-state index is 13.3. The highest BCUT2D eigenvalue weighted by molar-refractivity contribution is 8.00. The van der Waals surface area contributed by atoms with Gasteiger partial charge in [0.1, 0.15) is 17.1 Å². The van der Waals surface area contributed by atoms with Crippen molar-refractivity contribution in [1.82, 2.24) is 15.2 Å². The normalized spacial score (nSPS) is 21.4. The smallest absolute Gasteiger partial charge is 0.350 e. The zero-order chi connectivity index (χ0) is 31.9. The van der Waals surface area contributed by atoms with Crippen molar-refractivity contribution in [2.75, 3.05) is 16.8 Å². The van der Waals surface area contributed by atoms with Gasteiger partial charge in [0.05, 0.1) is 27.6 Å². The Kier molecular flexibility index (Phi) is 8.82. The molecule has 0 saturated carbocycles. The second kappa shape index (κ2) is 12.3. The van der Waals surface area contributed by atoms with E-state index in [4.69, 9.17) is 10.6 Å². The van der Waals surface area contributed by atoms with Gasteiger partial charge in [-0.1, -0.05) is 30.8 Å². The molecule has 1 fully saturated rings. The fraction of sp³-hybridized carbons (Fsp3) is 0.444. The summed E-state index contributed by atoms with van der Waals surface area (Å²) in [6, 6.07) is 0.877. The first-order chi connectivity index (χ1) is 20.7. The van der Waals surface area contributed by atoms with Gasteiger partial charge in [0.15, 0.2) is 29.8 Å². The Bertz CT molecular complexity index is 1590. The number of aromatic nitrogens is 2. The lowest BCUT2D eigenvalue weighted by atomic mass is 10.0. The average molecular weight is 662 g/mol. The van der Waals surface area contributed by atoms with E-state index in [1.807, 2.05) is 23.0 Å². The minimum atomic E-state index is -1.76. The number of anilines is 2. The van der Waals surface area contributed by atoms with Crippen molar-refractivity contribution in [2.24, 2.45) is 11.1 Å². The molecule has 5 rings (SSSR count). The number of rotatable bonds is 11. The number of hydrogen-bond donors (Lipinski definition) is 4. The summed E-state index contributed by atoms with van der Waals surface area (Å²) in [5.74, 6) is -3.47. The third-order valence-corrected chi connectivity index (χ3v) is 10.2. The van der Waals surface area contributed by atoms with Crippen LogP contribution in [-0.4, -0.2) is 72.6 Å². The first-order valence-electron chi connectivity index (χ1n) is 13.6. The molecule has 44 heavy (non-hydrogen) atoms. The zero-order valence-electron chi connectivity index (χ0n) is 24.2. The van der Waals surface area contributed by atoms with E-state index >= 15 is 0 Å². The molecule has 14 nitrogen and oxygen atoms in total. The molecule has 234 valence electrons. The van der Waals surface area contributed by atoms with E-state index in [9.17, 15) is 29.4 Å². The highest BCUT2D eigenvalue weighted by atomic mass is 32.2. The van der Waals surface area contributed by atoms with E-state index in [1.165, 1.54) is 31.0 Å². The van der Waals surface area contributed by atoms with Gasteiger partial charge < -0.3 is 36.2 Å². The van der Waals surface area contributed by atoms with Crippen LogP contribution >= 0.6 is 34.9 Å². The summed E-state index contributed by atoms with van der Waals surface area (Å²) in [5, 5.41) is 32.6. The van der Waals surface area contributed by atoms with Gasteiger partial charge >= 0.3 is 5.97 Å². The number of nitrogens with one attached hydrogen (secondary N) is 2. The van der Waals surface area contributed by atoms with Crippen molar-refractivity contribution >= 4 is 75.1 Å². The van der Waals surface area contributed by atoms with Crippen LogP contribution < -0.4 is 26.0 Å². The molecule has 0 radical (unpaired) electrons. The lowest BCUT2D eigenvalue weighted by Gasteiger charge is -2.50. The number of aliphatic carboxylic acids is 2. The summed E-state index contributed by atoms with van der Waals surface area (Å²) in [4.78, 5) is 61.6. The maximum atomic E-state index is 13.3. The summed E-state index contributed by atoms with van der Waals surface area (Å²) >= 11 is 4.07. The number of thiazole rings is 1. The molecule has 3 aliphatic rings. The average Bonchev–Trinajstić information content (AvgIpc) is 3.55. The molecule has 0 aromatic carbocycles. The molecule has 0 spiro atoms. The molecule has 5 heterocycles. The predicted molar refractivity (Wildman–Crippen MR) is 162 cm³/mol. The third kappa shape index (κ3) is 6.34. The van der Waals surface area contributed by atoms with E-state index in [1.54, 1.807) is 11.8 Å². The van der Waals surface area contributed by atoms with E-state index in [0.29, 0.717) is 11.5 Å². The number of thioether (sulfide) groups is 2. The van der Waals surface area contributed by atoms with Crippen molar-refractivity contribution in [1.29, 1.82) is 0 Å². The second-order valence-corrected chi connectivity index (χ2v) is 14.5. The van der Waals surface area contributed by atoms with Crippen LogP contribution in [0.25, 0.3) is 0 Å². The van der Waals surface area contributed by atoms with Crippen molar-refractivity contribution < 1.29 is 38.8 Å². The Morgan fingerprint density at radius 3 is 2.77 bits per heavy atom. The van der Waals surface area contributed by atoms with Crippen LogP contribution in [0.3, 0.4) is 0 Å². The maximum Gasteiger partial charge on any atom is 0.350 e. The molecule has 0 aliphatic carbocycles. The number of oxime groups is 1. The van der Waals surface area contributed by atoms with Gasteiger partial charge in [0, 0.05) is 22.8 Å². The minimum Gasteiger partial charge on any atom is -0.543 e. The summed E-state index contributed by atoms with van der Waals surface area (Å²) < 4.78 is 1.88. The van der Waals surface area contributed by atoms with Gasteiger partial charge in [0.2, 0.25) is 5.60 Å². The Morgan fingerprint density at radius 1 is 1.39 bits per heavy atom. The SMILES string of the molecule is CC(C)CC1Nc2cc[n+](CC3=C(C(=O)[O-])N4C(=O)C(NC(=O)C(=NOC(C)(C)C(=O)O)c5csc(N)n5)[C@H]4SC3)cc2S1. The van der Waals surface area contributed by atoms with Gasteiger partial charge in [-0.3, -0.25) is 14.5 Å². The molecule has 1 saturated heterocycles. The molecule has 17 heteroatoms. The minimum absolute atomic E-state index is 0.0268. The molecule has 3 atom stereocenters. The van der Waals surface area contributed by atoms with Crippen LogP contribution in [0, 0.1) is 5.92 Å². The van der Waals surface area contributed by atoms with E-state index in [2.05, 4.69) is 34.6 Å². The van der Waals surface area contributed by atoms with Crippen molar-refractivity contribution in [3.8, 4) is 0 Å². The molecule has 2 aromatic heterocycles. The second-order valence-electron chi connectivity index (χ2n) is 11.3. The Morgan fingerprint density at radius 2 is 2.14 bits per heavy atom. The summed E-state index contributed by atoms with van der Waals surface area (Å²) in [5.41, 5.74) is 4.91. The van der Waals surface area contributed by atoms with E-state index in [0.717, 1.165) is 33.2 Å². The van der Waals surface area contributed by atoms with E-state index in [-0.39, 0.29) is 39.9 Å². The molecule has 2 aromatic rings. The predicted octanol–water partition coefficient (Wildman–Crippen LogP) is 0.591.